The molecule has 0 N–H and O–H groups in total. The maximum absolute atomic E-state index is 3.55. The van der Waals surface area contributed by atoms with E-state index in [0.717, 1.165) is 0 Å². The molecule has 0 aliphatic carbocycles. The number of hydrogen-bond donors (Lipinski definition) is 0. The van der Waals surface area contributed by atoms with Crippen LogP contribution < -0.4 is 0 Å². The second-order valence-corrected chi connectivity index (χ2v) is 3.19. The van der Waals surface area contributed by atoms with Crippen molar-refractivity contribution < 1.29 is 0 Å². The summed E-state index contributed by atoms with van der Waals surface area (Å²) < 4.78 is 0. The first-order chi connectivity index (χ1) is 6.36. The van der Waals surface area contributed by atoms with E-state index in [2.05, 4.69) is 43.5 Å². The number of hydrogen-bond acceptors (Lipinski definition) is 0. The zero-order valence-electron chi connectivity index (χ0n) is 8.22. The van der Waals surface area contributed by atoms with E-state index in [0.29, 0.717) is 0 Å². The van der Waals surface area contributed by atoms with Crippen molar-refractivity contribution in [2.24, 2.45) is 0 Å². The third kappa shape index (κ3) is 3.31. The smallest absolute Gasteiger partial charge is 0.0133 e. The molecular weight excluding hydrogens is 156 g/mol. The van der Waals surface area contributed by atoms with Crippen molar-refractivity contribution in [2.45, 2.75) is 26.2 Å². The van der Waals surface area contributed by atoms with E-state index >= 15 is 0 Å². The second kappa shape index (κ2) is 5.40. The third-order valence-corrected chi connectivity index (χ3v) is 2.07. The molecule has 0 aliphatic rings. The van der Waals surface area contributed by atoms with Crippen LogP contribution in [0.5, 0.6) is 0 Å². The topological polar surface area (TPSA) is 0 Å². The zero-order chi connectivity index (χ0) is 9.52. The molecule has 0 amide bonds. The Labute approximate surface area is 80.6 Å². The van der Waals surface area contributed by atoms with Crippen LogP contribution in [0.15, 0.2) is 36.6 Å². The van der Waals surface area contributed by atoms with Crippen molar-refractivity contribution in [3.05, 3.63) is 47.7 Å². The van der Waals surface area contributed by atoms with E-state index in [1.54, 1.807) is 0 Å². The van der Waals surface area contributed by atoms with Crippen LogP contribution in [-0.4, -0.2) is 0 Å². The molecule has 0 nitrogen and oxygen atoms in total. The lowest BCUT2D eigenvalue weighted by Gasteiger charge is -1.99. The van der Waals surface area contributed by atoms with Crippen molar-refractivity contribution in [3.8, 4) is 0 Å². The predicted octanol–water partition coefficient (Wildman–Crippen LogP) is 3.83. The monoisotopic (exact) mass is 172 g/mol. The summed E-state index contributed by atoms with van der Waals surface area (Å²) >= 11 is 0. The average molecular weight is 172 g/mol. The molecule has 0 radical (unpaired) electrons. The molecule has 13 heavy (non-hydrogen) atoms. The lowest BCUT2D eigenvalue weighted by atomic mass is 10.1. The highest BCUT2D eigenvalue weighted by Crippen LogP contribution is 2.08. The van der Waals surface area contributed by atoms with Gasteiger partial charge in [-0.15, -0.1) is 5.73 Å². The van der Waals surface area contributed by atoms with E-state index in [1.807, 2.05) is 6.08 Å². The zero-order valence-corrected chi connectivity index (χ0v) is 8.22. The van der Waals surface area contributed by atoms with E-state index < -0.39 is 0 Å². The minimum absolute atomic E-state index is 1.18. The van der Waals surface area contributed by atoms with Gasteiger partial charge in [0.1, 0.15) is 0 Å². The van der Waals surface area contributed by atoms with Gasteiger partial charge in [-0.3, -0.25) is 0 Å². The second-order valence-electron chi connectivity index (χ2n) is 3.19. The fraction of sp³-hybridized carbons (Fsp3) is 0.308. The third-order valence-electron chi connectivity index (χ3n) is 2.07. The van der Waals surface area contributed by atoms with Gasteiger partial charge in [0.05, 0.1) is 0 Å². The number of benzene rings is 1. The Morgan fingerprint density at radius 1 is 1.31 bits per heavy atom. The lowest BCUT2D eigenvalue weighted by Crippen LogP contribution is -1.83. The maximum atomic E-state index is 3.55. The van der Waals surface area contributed by atoms with Crippen LogP contribution in [0, 0.1) is 0 Å². The van der Waals surface area contributed by atoms with Crippen molar-refractivity contribution in [3.63, 3.8) is 0 Å². The molecular formula is C13H16. The van der Waals surface area contributed by atoms with Gasteiger partial charge in [-0.05, 0) is 30.0 Å². The molecule has 0 saturated heterocycles. The molecule has 0 saturated carbocycles. The molecule has 0 unspecified atom stereocenters. The van der Waals surface area contributed by atoms with E-state index in [1.165, 1.54) is 30.4 Å². The number of rotatable bonds is 4. The lowest BCUT2D eigenvalue weighted by molar-refractivity contribution is 0.795. The molecule has 0 aromatic heterocycles. The molecule has 0 heterocycles. The highest BCUT2D eigenvalue weighted by Gasteiger charge is 1.91. The average Bonchev–Trinajstić information content (AvgIpc) is 2.17. The summed E-state index contributed by atoms with van der Waals surface area (Å²) in [6, 6.07) is 8.59. The van der Waals surface area contributed by atoms with Crippen LogP contribution in [0.4, 0.5) is 0 Å². The molecule has 0 fully saturated rings. The highest BCUT2D eigenvalue weighted by atomic mass is 14.0. The summed E-state index contributed by atoms with van der Waals surface area (Å²) in [4.78, 5) is 0. The normalized spacial score (nSPS) is 9.31. The summed E-state index contributed by atoms with van der Waals surface area (Å²) in [5, 5.41) is 0. The van der Waals surface area contributed by atoms with Gasteiger partial charge in [0, 0.05) is 0 Å². The van der Waals surface area contributed by atoms with Crippen molar-refractivity contribution in [1.29, 1.82) is 0 Å². The molecule has 0 aliphatic heterocycles. The van der Waals surface area contributed by atoms with Gasteiger partial charge in [0.15, 0.2) is 0 Å². The number of unbranched alkanes of at least 4 members (excludes halogenated alkanes) is 1. The SMILES string of the molecule is C=C=Cc1ccc(CCCC)cc1. The van der Waals surface area contributed by atoms with Gasteiger partial charge in [-0.1, -0.05) is 44.2 Å². The van der Waals surface area contributed by atoms with Crippen molar-refractivity contribution in [1.82, 2.24) is 0 Å². The van der Waals surface area contributed by atoms with Crippen LogP contribution in [-0.2, 0) is 6.42 Å². The first kappa shape index (κ1) is 9.83. The molecule has 0 spiro atoms. The largest absolute Gasteiger partial charge is 0.128 e. The Bertz CT molecular complexity index is 286. The standard InChI is InChI=1S/C13H16/c1-3-5-7-13-10-8-12(6-4-2)9-11-13/h6,8-11H,2-3,5,7H2,1H3. The van der Waals surface area contributed by atoms with Crippen molar-refractivity contribution in [2.75, 3.05) is 0 Å². The van der Waals surface area contributed by atoms with Crippen LogP contribution in [0.2, 0.25) is 0 Å². The molecule has 0 bridgehead atoms. The fourth-order valence-corrected chi connectivity index (χ4v) is 1.28. The minimum atomic E-state index is 1.18. The summed E-state index contributed by atoms with van der Waals surface area (Å²) in [5.74, 6) is 0. The molecule has 1 aromatic carbocycles. The Hall–Kier alpha value is -1.26. The summed E-state index contributed by atoms with van der Waals surface area (Å²) in [7, 11) is 0. The van der Waals surface area contributed by atoms with Crippen molar-refractivity contribution >= 4 is 6.08 Å². The van der Waals surface area contributed by atoms with E-state index in [-0.39, 0.29) is 0 Å². The summed E-state index contributed by atoms with van der Waals surface area (Å²) in [5.41, 5.74) is 5.37. The van der Waals surface area contributed by atoms with Crippen LogP contribution in [0.1, 0.15) is 30.9 Å². The van der Waals surface area contributed by atoms with Gasteiger partial charge in [-0.2, -0.15) is 0 Å². The number of aryl methyl sites for hydroxylation is 1. The molecule has 0 heteroatoms. The predicted molar refractivity (Wildman–Crippen MR) is 58.7 cm³/mol. The first-order valence-corrected chi connectivity index (χ1v) is 4.81. The Kier molecular flexibility index (Phi) is 4.08. The fourth-order valence-electron chi connectivity index (χ4n) is 1.28. The molecule has 0 atom stereocenters. The van der Waals surface area contributed by atoms with E-state index in [9.17, 15) is 0 Å². The molecule has 1 aromatic rings. The van der Waals surface area contributed by atoms with Crippen LogP contribution >= 0.6 is 0 Å². The van der Waals surface area contributed by atoms with Gasteiger partial charge < -0.3 is 0 Å². The Balaban J connectivity index is 2.63. The summed E-state index contributed by atoms with van der Waals surface area (Å²) in [6.45, 7) is 5.76. The van der Waals surface area contributed by atoms with Crippen LogP contribution in [0.25, 0.3) is 6.08 Å². The minimum Gasteiger partial charge on any atom is -0.128 e. The van der Waals surface area contributed by atoms with E-state index in [4.69, 9.17) is 0 Å². The first-order valence-electron chi connectivity index (χ1n) is 4.81. The van der Waals surface area contributed by atoms with Gasteiger partial charge >= 0.3 is 0 Å². The molecule has 68 valence electrons. The summed E-state index contributed by atoms with van der Waals surface area (Å²) in [6.07, 6.45) is 5.61. The van der Waals surface area contributed by atoms with Gasteiger partial charge in [0.25, 0.3) is 0 Å². The quantitative estimate of drug-likeness (QED) is 0.605. The Morgan fingerprint density at radius 2 is 2.00 bits per heavy atom. The van der Waals surface area contributed by atoms with Gasteiger partial charge in [-0.25, -0.2) is 0 Å². The highest BCUT2D eigenvalue weighted by molar-refractivity contribution is 5.48. The van der Waals surface area contributed by atoms with Gasteiger partial charge in [0.2, 0.25) is 0 Å². The Morgan fingerprint density at radius 3 is 2.54 bits per heavy atom. The molecule has 1 rings (SSSR count). The van der Waals surface area contributed by atoms with Crippen LogP contribution in [0.3, 0.4) is 0 Å². The maximum Gasteiger partial charge on any atom is -0.0133 e.